The first-order valence-electron chi connectivity index (χ1n) is 5.50. The van der Waals surface area contributed by atoms with Gasteiger partial charge in [-0.15, -0.1) is 0 Å². The minimum atomic E-state index is 0.0115. The second-order valence-corrected chi connectivity index (χ2v) is 3.73. The van der Waals surface area contributed by atoms with Gasteiger partial charge >= 0.3 is 0 Å². The lowest BCUT2D eigenvalue weighted by Crippen LogP contribution is -2.37. The molecule has 1 aromatic carbocycles. The number of nitrogens with zero attached hydrogens (tertiary/aromatic N) is 1. The average molecular weight is 205 g/mol. The number of Topliss-reactive ketones (excluding diaryl/α,β-unsaturated/α-hetero) is 1. The average Bonchev–Trinajstić information content (AvgIpc) is 2.30. The van der Waals surface area contributed by atoms with Crippen LogP contribution in [0.1, 0.15) is 30.6 Å². The van der Waals surface area contributed by atoms with Crippen LogP contribution in [0.25, 0.3) is 0 Å². The van der Waals surface area contributed by atoms with Crippen molar-refractivity contribution in [2.45, 2.75) is 26.3 Å². The molecule has 82 valence electrons. The van der Waals surface area contributed by atoms with Gasteiger partial charge in [-0.3, -0.25) is 9.69 Å². The number of ketones is 1. The fourth-order valence-electron chi connectivity index (χ4n) is 1.71. The van der Waals surface area contributed by atoms with E-state index in [-0.39, 0.29) is 11.8 Å². The van der Waals surface area contributed by atoms with Crippen LogP contribution in [0.2, 0.25) is 0 Å². The van der Waals surface area contributed by atoms with Gasteiger partial charge in [-0.2, -0.15) is 0 Å². The van der Waals surface area contributed by atoms with Gasteiger partial charge in [-0.25, -0.2) is 0 Å². The van der Waals surface area contributed by atoms with Gasteiger partial charge in [0.15, 0.2) is 5.78 Å². The van der Waals surface area contributed by atoms with Gasteiger partial charge < -0.3 is 0 Å². The van der Waals surface area contributed by atoms with E-state index in [9.17, 15) is 4.79 Å². The van der Waals surface area contributed by atoms with Crippen molar-refractivity contribution in [3.05, 3.63) is 35.9 Å². The van der Waals surface area contributed by atoms with Crippen molar-refractivity contribution >= 4 is 5.78 Å². The van der Waals surface area contributed by atoms with Gasteiger partial charge in [0.2, 0.25) is 0 Å². The highest BCUT2D eigenvalue weighted by Crippen LogP contribution is 2.10. The molecule has 1 rings (SSSR count). The van der Waals surface area contributed by atoms with E-state index in [2.05, 4.69) is 18.7 Å². The second kappa shape index (κ2) is 5.66. The van der Waals surface area contributed by atoms with Crippen molar-refractivity contribution in [3.63, 3.8) is 0 Å². The topological polar surface area (TPSA) is 20.3 Å². The number of benzene rings is 1. The lowest BCUT2D eigenvalue weighted by Gasteiger charge is -2.24. The molecule has 15 heavy (non-hydrogen) atoms. The molecule has 0 saturated heterocycles. The molecule has 0 heterocycles. The van der Waals surface area contributed by atoms with Gasteiger partial charge in [-0.1, -0.05) is 44.2 Å². The third kappa shape index (κ3) is 2.90. The van der Waals surface area contributed by atoms with E-state index in [1.54, 1.807) is 0 Å². The van der Waals surface area contributed by atoms with Crippen LogP contribution in [-0.2, 0) is 0 Å². The molecule has 0 aliphatic carbocycles. The van der Waals surface area contributed by atoms with Gasteiger partial charge in [0, 0.05) is 5.56 Å². The summed E-state index contributed by atoms with van der Waals surface area (Å²) in [6, 6.07) is 9.53. The minimum absolute atomic E-state index is 0.0115. The van der Waals surface area contributed by atoms with Crippen LogP contribution in [0, 0.1) is 0 Å². The highest BCUT2D eigenvalue weighted by atomic mass is 16.1. The van der Waals surface area contributed by atoms with E-state index in [4.69, 9.17) is 0 Å². The third-order valence-electron chi connectivity index (χ3n) is 2.78. The van der Waals surface area contributed by atoms with Crippen molar-refractivity contribution in [2.75, 3.05) is 13.6 Å². The molecule has 0 saturated carbocycles. The van der Waals surface area contributed by atoms with E-state index in [0.29, 0.717) is 0 Å². The van der Waals surface area contributed by atoms with Crippen molar-refractivity contribution in [2.24, 2.45) is 0 Å². The summed E-state index contributed by atoms with van der Waals surface area (Å²) in [6.45, 7) is 5.02. The van der Waals surface area contributed by atoms with Crippen LogP contribution in [0.3, 0.4) is 0 Å². The SMILES string of the molecule is CC[C@H](C(=O)c1ccccc1)N(C)CC. The zero-order valence-corrected chi connectivity index (χ0v) is 9.73. The van der Waals surface area contributed by atoms with E-state index in [1.807, 2.05) is 37.4 Å². The Bertz CT molecular complexity index is 308. The number of rotatable bonds is 5. The second-order valence-electron chi connectivity index (χ2n) is 3.73. The van der Waals surface area contributed by atoms with Crippen molar-refractivity contribution in [1.82, 2.24) is 4.90 Å². The zero-order valence-electron chi connectivity index (χ0n) is 9.73. The Labute approximate surface area is 91.9 Å². The third-order valence-corrected chi connectivity index (χ3v) is 2.78. The largest absolute Gasteiger partial charge is 0.297 e. The Balaban J connectivity index is 2.83. The van der Waals surface area contributed by atoms with Crippen LogP contribution in [-0.4, -0.2) is 30.3 Å². The Kier molecular flexibility index (Phi) is 4.50. The number of carbonyl (C=O) groups is 1. The van der Waals surface area contributed by atoms with E-state index in [0.717, 1.165) is 18.5 Å². The maximum absolute atomic E-state index is 12.1. The first kappa shape index (κ1) is 11.9. The molecule has 1 aromatic rings. The van der Waals surface area contributed by atoms with Crippen molar-refractivity contribution in [3.8, 4) is 0 Å². The van der Waals surface area contributed by atoms with E-state index in [1.165, 1.54) is 0 Å². The summed E-state index contributed by atoms with van der Waals surface area (Å²) in [7, 11) is 2.00. The van der Waals surface area contributed by atoms with E-state index < -0.39 is 0 Å². The molecule has 0 unspecified atom stereocenters. The van der Waals surface area contributed by atoms with Crippen LogP contribution in [0.15, 0.2) is 30.3 Å². The van der Waals surface area contributed by atoms with Crippen LogP contribution >= 0.6 is 0 Å². The quantitative estimate of drug-likeness (QED) is 0.689. The predicted octanol–water partition coefficient (Wildman–Crippen LogP) is 2.60. The summed E-state index contributed by atoms with van der Waals surface area (Å²) >= 11 is 0. The molecule has 1 atom stereocenters. The molecule has 0 fully saturated rings. The number of likely N-dealkylation sites (N-methyl/N-ethyl adjacent to an activating group) is 1. The lowest BCUT2D eigenvalue weighted by molar-refractivity contribution is 0.0852. The zero-order chi connectivity index (χ0) is 11.3. The molecule has 2 heteroatoms. The smallest absolute Gasteiger partial charge is 0.179 e. The predicted molar refractivity (Wildman–Crippen MR) is 63.2 cm³/mol. The van der Waals surface area contributed by atoms with Gasteiger partial charge in [0.05, 0.1) is 6.04 Å². The van der Waals surface area contributed by atoms with Gasteiger partial charge in [0.1, 0.15) is 0 Å². The molecule has 0 spiro atoms. The molecule has 0 N–H and O–H groups in total. The fraction of sp³-hybridized carbons (Fsp3) is 0.462. The summed E-state index contributed by atoms with van der Waals surface area (Å²) in [4.78, 5) is 14.2. The van der Waals surface area contributed by atoms with Crippen LogP contribution in [0.4, 0.5) is 0 Å². The maximum Gasteiger partial charge on any atom is 0.179 e. The minimum Gasteiger partial charge on any atom is -0.297 e. The van der Waals surface area contributed by atoms with Gasteiger partial charge in [0.25, 0.3) is 0 Å². The van der Waals surface area contributed by atoms with Crippen LogP contribution < -0.4 is 0 Å². The standard InChI is InChI=1S/C13H19NO/c1-4-12(14(3)5-2)13(15)11-9-7-6-8-10-11/h6-10,12H,4-5H2,1-3H3/t12-/m1/s1. The van der Waals surface area contributed by atoms with Crippen molar-refractivity contribution in [1.29, 1.82) is 0 Å². The molecule has 0 aliphatic rings. The van der Waals surface area contributed by atoms with Crippen molar-refractivity contribution < 1.29 is 4.79 Å². The molecule has 0 radical (unpaired) electrons. The summed E-state index contributed by atoms with van der Waals surface area (Å²) in [6.07, 6.45) is 0.859. The molecule has 0 aromatic heterocycles. The highest BCUT2D eigenvalue weighted by molar-refractivity contribution is 6.00. The maximum atomic E-state index is 12.1. The molecule has 2 nitrogen and oxygen atoms in total. The Morgan fingerprint density at radius 1 is 1.27 bits per heavy atom. The molecular formula is C13H19NO. The highest BCUT2D eigenvalue weighted by Gasteiger charge is 2.20. The van der Waals surface area contributed by atoms with Gasteiger partial charge in [-0.05, 0) is 20.0 Å². The van der Waals surface area contributed by atoms with Crippen LogP contribution in [0.5, 0.6) is 0 Å². The fourth-order valence-corrected chi connectivity index (χ4v) is 1.71. The number of hydrogen-bond acceptors (Lipinski definition) is 2. The normalized spacial score (nSPS) is 12.8. The Morgan fingerprint density at radius 3 is 2.33 bits per heavy atom. The summed E-state index contributed by atoms with van der Waals surface area (Å²) in [5.41, 5.74) is 0.810. The molecule has 0 aliphatic heterocycles. The van der Waals surface area contributed by atoms with E-state index >= 15 is 0 Å². The lowest BCUT2D eigenvalue weighted by atomic mass is 10.0. The summed E-state index contributed by atoms with van der Waals surface area (Å²) in [5, 5.41) is 0. The Hall–Kier alpha value is -1.15. The first-order chi connectivity index (χ1) is 7.20. The molecular weight excluding hydrogens is 186 g/mol. The Morgan fingerprint density at radius 2 is 1.87 bits per heavy atom. The molecule has 0 amide bonds. The number of carbonyl (C=O) groups excluding carboxylic acids is 1. The summed E-state index contributed by atoms with van der Waals surface area (Å²) in [5.74, 6) is 0.224. The summed E-state index contributed by atoms with van der Waals surface area (Å²) < 4.78 is 0. The molecule has 0 bridgehead atoms. The monoisotopic (exact) mass is 205 g/mol. The number of hydrogen-bond donors (Lipinski definition) is 0. The first-order valence-corrected chi connectivity index (χ1v) is 5.50.